The maximum atomic E-state index is 15.2. The van der Waals surface area contributed by atoms with E-state index in [0.29, 0.717) is 62.5 Å². The smallest absolute Gasteiger partial charge is 0.320 e. The number of hydrogen-bond acceptors (Lipinski definition) is 10. The van der Waals surface area contributed by atoms with Gasteiger partial charge in [-0.25, -0.2) is 33.5 Å². The number of ether oxygens (including phenoxy) is 2. The van der Waals surface area contributed by atoms with Crippen molar-refractivity contribution in [1.82, 2.24) is 35.0 Å². The number of anilines is 4. The maximum absolute atomic E-state index is 15.2. The molecule has 0 atom stereocenters. The molecular formula is C31H36F2N10O3. The van der Waals surface area contributed by atoms with E-state index in [1.54, 1.807) is 23.9 Å². The average molecular weight is 635 g/mol. The molecule has 3 aromatic heterocycles. The van der Waals surface area contributed by atoms with Crippen molar-refractivity contribution in [3.63, 3.8) is 0 Å². The first kappa shape index (κ1) is 31.1. The van der Waals surface area contributed by atoms with Crippen molar-refractivity contribution in [3.05, 3.63) is 59.2 Å². The zero-order valence-corrected chi connectivity index (χ0v) is 25.9. The molecular weight excluding hydrogens is 598 g/mol. The minimum absolute atomic E-state index is 0.118. The molecule has 2 amide bonds. The molecule has 0 radical (unpaired) electrons. The minimum Gasteiger partial charge on any atom is -0.494 e. The zero-order chi connectivity index (χ0) is 32.2. The SMILES string of the molecule is CCNC(=O)Nc1nc(-c2nn(Cc3c(F)cc(OCC)cc3F)c(C3CC3)c2C)nc(Nc2ccncn2)c1N1CCOCC1. The topological polar surface area (TPSA) is 144 Å². The van der Waals surface area contributed by atoms with E-state index in [1.807, 2.05) is 18.7 Å². The molecule has 6 rings (SSSR count). The van der Waals surface area contributed by atoms with Gasteiger partial charge in [0.25, 0.3) is 0 Å². The van der Waals surface area contributed by atoms with Crippen LogP contribution in [0.2, 0.25) is 0 Å². The number of amides is 2. The number of halogens is 2. The number of rotatable bonds is 11. The second-order valence-electron chi connectivity index (χ2n) is 11.0. The summed E-state index contributed by atoms with van der Waals surface area (Å²) in [5.74, 6) is 0.265. The molecule has 1 aliphatic heterocycles. The molecule has 3 N–H and O–H groups in total. The van der Waals surface area contributed by atoms with Crippen molar-refractivity contribution in [2.45, 2.75) is 46.1 Å². The van der Waals surface area contributed by atoms with E-state index in [1.165, 1.54) is 18.5 Å². The summed E-state index contributed by atoms with van der Waals surface area (Å²) in [5, 5.41) is 13.8. The van der Waals surface area contributed by atoms with Crippen LogP contribution in [0.1, 0.15) is 49.4 Å². The van der Waals surface area contributed by atoms with Crippen molar-refractivity contribution >= 4 is 29.2 Å². The molecule has 0 unspecified atom stereocenters. The fourth-order valence-electron chi connectivity index (χ4n) is 5.52. The molecule has 4 aromatic rings. The van der Waals surface area contributed by atoms with Crippen LogP contribution < -0.4 is 25.6 Å². The summed E-state index contributed by atoms with van der Waals surface area (Å²) in [6.45, 7) is 8.13. The first-order valence-electron chi connectivity index (χ1n) is 15.4. The van der Waals surface area contributed by atoms with Crippen molar-refractivity contribution < 1.29 is 23.0 Å². The summed E-state index contributed by atoms with van der Waals surface area (Å²) in [4.78, 5) is 32.9. The molecule has 46 heavy (non-hydrogen) atoms. The van der Waals surface area contributed by atoms with Crippen molar-refractivity contribution in [1.29, 1.82) is 0 Å². The summed E-state index contributed by atoms with van der Waals surface area (Å²) in [6.07, 6.45) is 4.88. The van der Waals surface area contributed by atoms with Gasteiger partial charge in [0.1, 0.15) is 40.9 Å². The number of carbonyl (C=O) groups excluding carboxylic acids is 1. The lowest BCUT2D eigenvalue weighted by molar-refractivity contribution is 0.123. The molecule has 242 valence electrons. The first-order chi connectivity index (χ1) is 22.4. The van der Waals surface area contributed by atoms with E-state index < -0.39 is 17.7 Å². The molecule has 13 nitrogen and oxygen atoms in total. The van der Waals surface area contributed by atoms with Gasteiger partial charge in [0.15, 0.2) is 17.5 Å². The minimum atomic E-state index is -0.712. The van der Waals surface area contributed by atoms with E-state index in [4.69, 9.17) is 24.5 Å². The van der Waals surface area contributed by atoms with Crippen molar-refractivity contribution in [3.8, 4) is 17.3 Å². The van der Waals surface area contributed by atoms with Crippen LogP contribution in [-0.2, 0) is 11.3 Å². The third-order valence-corrected chi connectivity index (χ3v) is 7.76. The molecule has 1 saturated carbocycles. The number of nitrogens with one attached hydrogen (secondary N) is 3. The summed E-state index contributed by atoms with van der Waals surface area (Å²) in [5.41, 5.74) is 2.55. The number of morpholine rings is 1. The van der Waals surface area contributed by atoms with Crippen molar-refractivity contribution in [2.24, 2.45) is 0 Å². The van der Waals surface area contributed by atoms with Crippen LogP contribution in [-0.4, -0.2) is 75.2 Å². The maximum Gasteiger partial charge on any atom is 0.320 e. The molecule has 15 heteroatoms. The normalized spacial score (nSPS) is 14.7. The number of benzene rings is 1. The highest BCUT2D eigenvalue weighted by Crippen LogP contribution is 2.44. The van der Waals surface area contributed by atoms with Gasteiger partial charge >= 0.3 is 6.03 Å². The van der Waals surface area contributed by atoms with E-state index >= 15 is 8.78 Å². The molecule has 4 heterocycles. The Morgan fingerprint density at radius 2 is 1.85 bits per heavy atom. The van der Waals surface area contributed by atoms with E-state index in [2.05, 4.69) is 25.9 Å². The molecule has 1 saturated heterocycles. The number of nitrogens with zero attached hydrogens (tertiary/aromatic N) is 7. The largest absolute Gasteiger partial charge is 0.494 e. The molecule has 2 fully saturated rings. The van der Waals surface area contributed by atoms with Gasteiger partial charge in [0, 0.05) is 60.7 Å². The first-order valence-corrected chi connectivity index (χ1v) is 15.4. The molecule has 1 aliphatic carbocycles. The Morgan fingerprint density at radius 3 is 2.50 bits per heavy atom. The van der Waals surface area contributed by atoms with Crippen LogP contribution in [0.25, 0.3) is 11.5 Å². The predicted octanol–water partition coefficient (Wildman–Crippen LogP) is 4.76. The van der Waals surface area contributed by atoms with Crippen LogP contribution >= 0.6 is 0 Å². The second kappa shape index (κ2) is 13.6. The van der Waals surface area contributed by atoms with E-state index in [9.17, 15) is 4.79 Å². The molecule has 0 spiro atoms. The van der Waals surface area contributed by atoms with Crippen LogP contribution in [0.4, 0.5) is 36.7 Å². The van der Waals surface area contributed by atoms with Crippen LogP contribution in [0.3, 0.4) is 0 Å². The predicted molar refractivity (Wildman–Crippen MR) is 168 cm³/mol. The molecule has 1 aromatic carbocycles. The van der Waals surface area contributed by atoms with Gasteiger partial charge in [-0.2, -0.15) is 5.10 Å². The third-order valence-electron chi connectivity index (χ3n) is 7.76. The fourth-order valence-corrected chi connectivity index (χ4v) is 5.52. The van der Waals surface area contributed by atoms with E-state index in [-0.39, 0.29) is 35.4 Å². The Hall–Kier alpha value is -4.92. The van der Waals surface area contributed by atoms with Gasteiger partial charge < -0.3 is 25.0 Å². The highest BCUT2D eigenvalue weighted by atomic mass is 19.1. The van der Waals surface area contributed by atoms with Crippen LogP contribution in [0.5, 0.6) is 5.75 Å². The Kier molecular flexibility index (Phi) is 9.19. The Labute approximate surface area is 264 Å². The highest BCUT2D eigenvalue weighted by Gasteiger charge is 2.33. The monoisotopic (exact) mass is 634 g/mol. The quantitative estimate of drug-likeness (QED) is 0.211. The summed E-state index contributed by atoms with van der Waals surface area (Å²) in [7, 11) is 0. The summed E-state index contributed by atoms with van der Waals surface area (Å²) >= 11 is 0. The second-order valence-corrected chi connectivity index (χ2v) is 11.0. The summed E-state index contributed by atoms with van der Waals surface area (Å²) in [6, 6.07) is 3.64. The van der Waals surface area contributed by atoms with Crippen LogP contribution in [0, 0.1) is 18.6 Å². The Bertz CT molecular complexity index is 1690. The van der Waals surface area contributed by atoms with Gasteiger partial charge in [-0.3, -0.25) is 10.00 Å². The van der Waals surface area contributed by atoms with Gasteiger partial charge in [0.2, 0.25) is 0 Å². The van der Waals surface area contributed by atoms with Gasteiger partial charge in [-0.15, -0.1) is 0 Å². The van der Waals surface area contributed by atoms with E-state index in [0.717, 1.165) is 24.1 Å². The highest BCUT2D eigenvalue weighted by molar-refractivity contribution is 5.95. The fraction of sp³-hybridized carbons (Fsp3) is 0.419. The van der Waals surface area contributed by atoms with Crippen molar-refractivity contribution in [2.75, 3.05) is 55.0 Å². The average Bonchev–Trinajstić information content (AvgIpc) is 3.82. The molecule has 2 aliphatic rings. The number of urea groups is 1. The zero-order valence-electron chi connectivity index (χ0n) is 25.9. The Morgan fingerprint density at radius 1 is 1.11 bits per heavy atom. The van der Waals surface area contributed by atoms with Gasteiger partial charge in [-0.05, 0) is 39.7 Å². The lowest BCUT2D eigenvalue weighted by Crippen LogP contribution is -2.38. The van der Waals surface area contributed by atoms with Gasteiger partial charge in [-0.1, -0.05) is 0 Å². The third kappa shape index (κ3) is 6.68. The number of aromatic nitrogens is 6. The standard InChI is InChI=1S/C31H36F2N10O3/c1-4-35-31(44)40-30-27(42-10-12-45-13-11-42)29(37-24-8-9-34-17-36-24)38-28(39-30)25-18(3)26(19-6-7-19)43(41-25)16-21-22(32)14-20(46-5-2)15-23(21)33/h8-9,14-15,17,19H,4-7,10-13,16H2,1-3H3,(H3,34,35,36,37,38,39,40,44). The lowest BCUT2D eigenvalue weighted by Gasteiger charge is -2.31. The number of carbonyl (C=O) groups is 1. The Balaban J connectivity index is 1.47. The van der Waals surface area contributed by atoms with Crippen LogP contribution in [0.15, 0.2) is 30.7 Å². The lowest BCUT2D eigenvalue weighted by atomic mass is 10.1. The number of hydrogen-bond donors (Lipinski definition) is 3. The van der Waals surface area contributed by atoms with Gasteiger partial charge in [0.05, 0.1) is 26.4 Å². The summed E-state index contributed by atoms with van der Waals surface area (Å²) < 4.78 is 42.8. The molecule has 0 bridgehead atoms.